The standard InChI is InChI=1S/C18H37NO/c1-6-7-8-15-9-11-16(12-10-15)17(19-4)13-14-18(2,3)20-5/h15-17,19H,6-14H2,1-5H3. The van der Waals surface area contributed by atoms with Gasteiger partial charge in [-0.25, -0.2) is 0 Å². The van der Waals surface area contributed by atoms with E-state index in [1.54, 1.807) is 0 Å². The van der Waals surface area contributed by atoms with Crippen molar-refractivity contribution in [1.82, 2.24) is 5.32 Å². The molecule has 1 aliphatic rings. The molecular formula is C18H37NO. The smallest absolute Gasteiger partial charge is 0.0623 e. The summed E-state index contributed by atoms with van der Waals surface area (Å²) in [6.45, 7) is 6.70. The topological polar surface area (TPSA) is 21.3 Å². The number of ether oxygens (including phenoxy) is 1. The molecule has 1 atom stereocenters. The van der Waals surface area contributed by atoms with Crippen LogP contribution in [0, 0.1) is 11.8 Å². The average molecular weight is 284 g/mol. The first-order valence-corrected chi connectivity index (χ1v) is 8.74. The Balaban J connectivity index is 2.33. The fraction of sp³-hybridized carbons (Fsp3) is 1.00. The maximum absolute atomic E-state index is 5.55. The van der Waals surface area contributed by atoms with Crippen molar-refractivity contribution in [2.75, 3.05) is 14.2 Å². The molecule has 0 spiro atoms. The highest BCUT2D eigenvalue weighted by Gasteiger charge is 2.28. The third-order valence-electron chi connectivity index (χ3n) is 5.41. The number of hydrogen-bond donors (Lipinski definition) is 1. The zero-order valence-electron chi connectivity index (χ0n) is 14.5. The van der Waals surface area contributed by atoms with Gasteiger partial charge in [-0.3, -0.25) is 0 Å². The molecule has 0 aromatic carbocycles. The van der Waals surface area contributed by atoms with E-state index in [1.807, 2.05) is 7.11 Å². The summed E-state index contributed by atoms with van der Waals surface area (Å²) >= 11 is 0. The van der Waals surface area contributed by atoms with Gasteiger partial charge >= 0.3 is 0 Å². The number of hydrogen-bond acceptors (Lipinski definition) is 2. The highest BCUT2D eigenvalue weighted by molar-refractivity contribution is 4.83. The third-order valence-corrected chi connectivity index (χ3v) is 5.41. The van der Waals surface area contributed by atoms with E-state index in [4.69, 9.17) is 4.74 Å². The monoisotopic (exact) mass is 283 g/mol. The SMILES string of the molecule is CCCCC1CCC(C(CCC(C)(C)OC)NC)CC1. The molecule has 2 heteroatoms. The Bertz CT molecular complexity index is 244. The van der Waals surface area contributed by atoms with E-state index >= 15 is 0 Å². The number of methoxy groups -OCH3 is 1. The first-order valence-electron chi connectivity index (χ1n) is 8.74. The Labute approximate surface area is 127 Å². The Morgan fingerprint density at radius 1 is 1.20 bits per heavy atom. The number of unbranched alkanes of at least 4 members (excludes halogenated alkanes) is 1. The average Bonchev–Trinajstić information content (AvgIpc) is 2.47. The van der Waals surface area contributed by atoms with Gasteiger partial charge in [0.2, 0.25) is 0 Å². The lowest BCUT2D eigenvalue weighted by atomic mass is 9.75. The van der Waals surface area contributed by atoms with Crippen molar-refractivity contribution >= 4 is 0 Å². The van der Waals surface area contributed by atoms with Gasteiger partial charge in [-0.1, -0.05) is 39.0 Å². The van der Waals surface area contributed by atoms with Crippen molar-refractivity contribution in [1.29, 1.82) is 0 Å². The summed E-state index contributed by atoms with van der Waals surface area (Å²) in [6.07, 6.45) is 12.4. The molecule has 0 aliphatic heterocycles. The molecule has 0 amide bonds. The zero-order valence-corrected chi connectivity index (χ0v) is 14.5. The first-order chi connectivity index (χ1) is 9.52. The van der Waals surface area contributed by atoms with Crippen molar-refractivity contribution in [2.24, 2.45) is 11.8 Å². The van der Waals surface area contributed by atoms with Crippen LogP contribution in [0.2, 0.25) is 0 Å². The quantitative estimate of drug-likeness (QED) is 0.658. The van der Waals surface area contributed by atoms with Crippen LogP contribution >= 0.6 is 0 Å². The van der Waals surface area contributed by atoms with E-state index in [9.17, 15) is 0 Å². The predicted octanol–water partition coefficient (Wildman–Crippen LogP) is 4.78. The minimum absolute atomic E-state index is 0.0213. The van der Waals surface area contributed by atoms with Crippen LogP contribution in [-0.4, -0.2) is 25.8 Å². The van der Waals surface area contributed by atoms with Crippen molar-refractivity contribution in [3.05, 3.63) is 0 Å². The molecule has 1 rings (SSSR count). The highest BCUT2D eigenvalue weighted by atomic mass is 16.5. The Hall–Kier alpha value is -0.0800. The molecule has 2 nitrogen and oxygen atoms in total. The lowest BCUT2D eigenvalue weighted by Gasteiger charge is -2.35. The molecule has 1 unspecified atom stereocenters. The van der Waals surface area contributed by atoms with Crippen LogP contribution in [0.5, 0.6) is 0 Å². The molecule has 20 heavy (non-hydrogen) atoms. The van der Waals surface area contributed by atoms with Gasteiger partial charge in [-0.15, -0.1) is 0 Å². The number of rotatable bonds is 9. The number of nitrogens with one attached hydrogen (secondary N) is 1. The molecule has 0 aromatic heterocycles. The molecule has 0 aromatic rings. The van der Waals surface area contributed by atoms with E-state index in [0.717, 1.165) is 18.3 Å². The van der Waals surface area contributed by atoms with Crippen LogP contribution < -0.4 is 5.32 Å². The minimum atomic E-state index is 0.0213. The fourth-order valence-corrected chi connectivity index (χ4v) is 3.59. The summed E-state index contributed by atoms with van der Waals surface area (Å²) in [4.78, 5) is 0. The molecule has 1 fully saturated rings. The van der Waals surface area contributed by atoms with Crippen LogP contribution in [0.15, 0.2) is 0 Å². The van der Waals surface area contributed by atoms with Gasteiger partial charge in [0.05, 0.1) is 5.60 Å². The van der Waals surface area contributed by atoms with Crippen LogP contribution in [0.25, 0.3) is 0 Å². The normalized spacial score (nSPS) is 25.6. The second-order valence-corrected chi connectivity index (χ2v) is 7.32. The fourth-order valence-electron chi connectivity index (χ4n) is 3.59. The second kappa shape index (κ2) is 9.04. The summed E-state index contributed by atoms with van der Waals surface area (Å²) in [6, 6.07) is 0.677. The van der Waals surface area contributed by atoms with Gasteiger partial charge in [-0.05, 0) is 58.4 Å². The Kier molecular flexibility index (Phi) is 8.13. The third kappa shape index (κ3) is 6.13. The van der Waals surface area contributed by atoms with E-state index in [1.165, 1.54) is 51.4 Å². The lowest BCUT2D eigenvalue weighted by Crippen LogP contribution is -2.38. The van der Waals surface area contributed by atoms with Crippen LogP contribution in [0.1, 0.15) is 78.6 Å². The molecule has 0 saturated heterocycles. The predicted molar refractivity (Wildman–Crippen MR) is 88.1 cm³/mol. The lowest BCUT2D eigenvalue weighted by molar-refractivity contribution is 0.00948. The van der Waals surface area contributed by atoms with Crippen LogP contribution in [-0.2, 0) is 4.74 Å². The summed E-state index contributed by atoms with van der Waals surface area (Å²) in [5.41, 5.74) is 0.0213. The molecule has 1 aliphatic carbocycles. The summed E-state index contributed by atoms with van der Waals surface area (Å²) < 4.78 is 5.55. The summed E-state index contributed by atoms with van der Waals surface area (Å²) in [7, 11) is 3.96. The molecule has 120 valence electrons. The zero-order chi connectivity index (χ0) is 15.0. The van der Waals surface area contributed by atoms with E-state index < -0.39 is 0 Å². The summed E-state index contributed by atoms with van der Waals surface area (Å²) in [5, 5.41) is 3.57. The molecule has 0 heterocycles. The van der Waals surface area contributed by atoms with E-state index in [0.29, 0.717) is 6.04 Å². The van der Waals surface area contributed by atoms with Gasteiger partial charge in [0.25, 0.3) is 0 Å². The van der Waals surface area contributed by atoms with Crippen molar-refractivity contribution < 1.29 is 4.74 Å². The first kappa shape index (κ1) is 18.0. The van der Waals surface area contributed by atoms with Gasteiger partial charge in [-0.2, -0.15) is 0 Å². The van der Waals surface area contributed by atoms with Gasteiger partial charge in [0.15, 0.2) is 0 Å². The maximum Gasteiger partial charge on any atom is 0.0623 e. The minimum Gasteiger partial charge on any atom is -0.379 e. The van der Waals surface area contributed by atoms with Gasteiger partial charge in [0, 0.05) is 13.2 Å². The van der Waals surface area contributed by atoms with Crippen molar-refractivity contribution in [3.63, 3.8) is 0 Å². The van der Waals surface area contributed by atoms with Gasteiger partial charge < -0.3 is 10.1 Å². The largest absolute Gasteiger partial charge is 0.379 e. The van der Waals surface area contributed by atoms with Gasteiger partial charge in [0.1, 0.15) is 0 Å². The molecule has 1 saturated carbocycles. The molecule has 0 bridgehead atoms. The van der Waals surface area contributed by atoms with Crippen LogP contribution in [0.3, 0.4) is 0 Å². The summed E-state index contributed by atoms with van der Waals surface area (Å²) in [5.74, 6) is 1.89. The highest BCUT2D eigenvalue weighted by Crippen LogP contribution is 2.35. The Morgan fingerprint density at radius 2 is 1.85 bits per heavy atom. The van der Waals surface area contributed by atoms with Crippen LogP contribution in [0.4, 0.5) is 0 Å². The van der Waals surface area contributed by atoms with E-state index in [-0.39, 0.29) is 5.60 Å². The molecule has 0 radical (unpaired) electrons. The second-order valence-electron chi connectivity index (χ2n) is 7.32. The van der Waals surface area contributed by atoms with Crippen molar-refractivity contribution in [3.8, 4) is 0 Å². The Morgan fingerprint density at radius 3 is 2.35 bits per heavy atom. The van der Waals surface area contributed by atoms with E-state index in [2.05, 4.69) is 33.1 Å². The maximum atomic E-state index is 5.55. The molecule has 1 N–H and O–H groups in total. The molecular weight excluding hydrogens is 246 g/mol. The van der Waals surface area contributed by atoms with Crippen molar-refractivity contribution in [2.45, 2.75) is 90.2 Å².